The molecule has 0 fully saturated rings. The third-order valence-corrected chi connectivity index (χ3v) is 4.13. The Balaban J connectivity index is 1.64. The van der Waals surface area contributed by atoms with E-state index in [1.54, 1.807) is 12.3 Å². The molecular weight excluding hydrogens is 334 g/mol. The van der Waals surface area contributed by atoms with Gasteiger partial charge in [0.2, 0.25) is 5.91 Å². The number of benzene rings is 2. The highest BCUT2D eigenvalue weighted by molar-refractivity contribution is 6.31. The maximum atomic E-state index is 12.1. The van der Waals surface area contributed by atoms with Gasteiger partial charge in [-0.15, -0.1) is 0 Å². The molecule has 0 spiro atoms. The van der Waals surface area contributed by atoms with Gasteiger partial charge in [-0.2, -0.15) is 5.10 Å². The van der Waals surface area contributed by atoms with E-state index in [0.717, 1.165) is 22.4 Å². The number of aromatic nitrogens is 2. The zero-order valence-electron chi connectivity index (χ0n) is 13.8. The molecule has 0 saturated carbocycles. The average Bonchev–Trinajstić information content (AvgIpc) is 3.09. The van der Waals surface area contributed by atoms with Gasteiger partial charge in [0.1, 0.15) is 0 Å². The first kappa shape index (κ1) is 17.0. The van der Waals surface area contributed by atoms with Crippen molar-refractivity contribution in [2.24, 2.45) is 0 Å². The predicted molar refractivity (Wildman–Crippen MR) is 102 cm³/mol. The number of aryl methyl sites for hydroxylation is 1. The Morgan fingerprint density at radius 1 is 1.24 bits per heavy atom. The second kappa shape index (κ2) is 7.81. The number of nitrogens with zero attached hydrogens (tertiary/aromatic N) is 2. The number of rotatable bonds is 5. The second-order valence-electron chi connectivity index (χ2n) is 5.74. The van der Waals surface area contributed by atoms with Crippen LogP contribution in [-0.2, 0) is 11.3 Å². The number of hydrogen-bond donors (Lipinski definition) is 1. The van der Waals surface area contributed by atoms with Gasteiger partial charge in [0.25, 0.3) is 0 Å². The SMILES string of the molecule is Cc1ccc(/C=C/C(=O)Nc2cccc(Cn3cccn3)c2)cc1Cl. The summed E-state index contributed by atoms with van der Waals surface area (Å²) < 4.78 is 1.84. The predicted octanol–water partition coefficient (Wildman–Crippen LogP) is 4.55. The van der Waals surface area contributed by atoms with Crippen LogP contribution < -0.4 is 5.32 Å². The lowest BCUT2D eigenvalue weighted by Crippen LogP contribution is -2.08. The Labute approximate surface area is 151 Å². The summed E-state index contributed by atoms with van der Waals surface area (Å²) in [7, 11) is 0. The molecule has 1 N–H and O–H groups in total. The van der Waals surface area contributed by atoms with Crippen molar-refractivity contribution in [1.29, 1.82) is 0 Å². The van der Waals surface area contributed by atoms with Crippen molar-refractivity contribution < 1.29 is 4.79 Å². The summed E-state index contributed by atoms with van der Waals surface area (Å²) in [5.41, 5.74) is 3.72. The molecule has 1 aromatic heterocycles. The van der Waals surface area contributed by atoms with E-state index >= 15 is 0 Å². The van der Waals surface area contributed by atoms with Gasteiger partial charge >= 0.3 is 0 Å². The fraction of sp³-hybridized carbons (Fsp3) is 0.100. The molecule has 126 valence electrons. The fourth-order valence-corrected chi connectivity index (χ4v) is 2.59. The maximum absolute atomic E-state index is 12.1. The number of amides is 1. The van der Waals surface area contributed by atoms with Gasteiger partial charge in [0.05, 0.1) is 6.54 Å². The van der Waals surface area contributed by atoms with Crippen LogP contribution in [0.5, 0.6) is 0 Å². The van der Waals surface area contributed by atoms with E-state index < -0.39 is 0 Å². The topological polar surface area (TPSA) is 46.9 Å². The summed E-state index contributed by atoms with van der Waals surface area (Å²) in [5.74, 6) is -0.187. The van der Waals surface area contributed by atoms with Crippen LogP contribution in [0.25, 0.3) is 6.08 Å². The highest BCUT2D eigenvalue weighted by Gasteiger charge is 2.01. The van der Waals surface area contributed by atoms with Crippen LogP contribution in [0, 0.1) is 6.92 Å². The standard InChI is InChI=1S/C20H18ClN3O/c1-15-6-7-16(13-19(15)21)8-9-20(25)23-18-5-2-4-17(12-18)14-24-11-3-10-22-24/h2-13H,14H2,1H3,(H,23,25)/b9-8+. The van der Waals surface area contributed by atoms with E-state index in [0.29, 0.717) is 11.6 Å². The van der Waals surface area contributed by atoms with Crippen molar-refractivity contribution in [2.75, 3.05) is 5.32 Å². The van der Waals surface area contributed by atoms with Crippen molar-refractivity contribution in [1.82, 2.24) is 9.78 Å². The lowest BCUT2D eigenvalue weighted by atomic mass is 10.1. The fourth-order valence-electron chi connectivity index (χ4n) is 2.40. The van der Waals surface area contributed by atoms with Crippen LogP contribution in [0.3, 0.4) is 0 Å². The Morgan fingerprint density at radius 3 is 2.88 bits per heavy atom. The molecule has 1 amide bonds. The van der Waals surface area contributed by atoms with E-state index in [-0.39, 0.29) is 5.91 Å². The van der Waals surface area contributed by atoms with Crippen LogP contribution in [0.2, 0.25) is 5.02 Å². The summed E-state index contributed by atoms with van der Waals surface area (Å²) in [6, 6.07) is 15.3. The molecule has 1 heterocycles. The van der Waals surface area contributed by atoms with E-state index in [9.17, 15) is 4.79 Å². The van der Waals surface area contributed by atoms with Crippen LogP contribution in [0.4, 0.5) is 5.69 Å². The molecular formula is C20H18ClN3O. The zero-order chi connectivity index (χ0) is 17.6. The number of carbonyl (C=O) groups excluding carboxylic acids is 1. The van der Waals surface area contributed by atoms with Gasteiger partial charge in [-0.25, -0.2) is 0 Å². The van der Waals surface area contributed by atoms with Crippen molar-refractivity contribution in [3.63, 3.8) is 0 Å². The van der Waals surface area contributed by atoms with Crippen molar-refractivity contribution in [2.45, 2.75) is 13.5 Å². The molecule has 0 aliphatic carbocycles. The zero-order valence-corrected chi connectivity index (χ0v) is 14.6. The quantitative estimate of drug-likeness (QED) is 0.686. The minimum atomic E-state index is -0.187. The van der Waals surface area contributed by atoms with E-state index in [2.05, 4.69) is 10.4 Å². The van der Waals surface area contributed by atoms with Crippen molar-refractivity contribution >= 4 is 29.3 Å². The summed E-state index contributed by atoms with van der Waals surface area (Å²) in [5, 5.41) is 7.74. The van der Waals surface area contributed by atoms with Gasteiger partial charge in [0.15, 0.2) is 0 Å². The van der Waals surface area contributed by atoms with E-state index in [4.69, 9.17) is 11.6 Å². The molecule has 2 aromatic carbocycles. The third kappa shape index (κ3) is 4.81. The number of carbonyl (C=O) groups is 1. The summed E-state index contributed by atoms with van der Waals surface area (Å²) in [4.78, 5) is 12.1. The first-order valence-electron chi connectivity index (χ1n) is 7.92. The summed E-state index contributed by atoms with van der Waals surface area (Å²) in [6.07, 6.45) is 6.89. The van der Waals surface area contributed by atoms with Crippen LogP contribution in [0.15, 0.2) is 67.0 Å². The molecule has 5 heteroatoms. The van der Waals surface area contributed by atoms with Gasteiger partial charge in [-0.3, -0.25) is 9.48 Å². The number of hydrogen-bond acceptors (Lipinski definition) is 2. The largest absolute Gasteiger partial charge is 0.323 e. The first-order chi connectivity index (χ1) is 12.1. The molecule has 0 radical (unpaired) electrons. The molecule has 3 rings (SSSR count). The van der Waals surface area contributed by atoms with Crippen LogP contribution in [0.1, 0.15) is 16.7 Å². The summed E-state index contributed by atoms with van der Waals surface area (Å²) in [6.45, 7) is 2.60. The minimum Gasteiger partial charge on any atom is -0.323 e. The number of nitrogens with one attached hydrogen (secondary N) is 1. The van der Waals surface area contributed by atoms with Crippen LogP contribution in [-0.4, -0.2) is 15.7 Å². The van der Waals surface area contributed by atoms with Crippen LogP contribution >= 0.6 is 11.6 Å². The lowest BCUT2D eigenvalue weighted by Gasteiger charge is -2.06. The molecule has 25 heavy (non-hydrogen) atoms. The Hall–Kier alpha value is -2.85. The molecule has 0 aliphatic heterocycles. The molecule has 0 atom stereocenters. The van der Waals surface area contributed by atoms with E-state index in [1.165, 1.54) is 6.08 Å². The Bertz CT molecular complexity index is 901. The van der Waals surface area contributed by atoms with Crippen molar-refractivity contribution in [3.05, 3.63) is 88.7 Å². The van der Waals surface area contributed by atoms with Gasteiger partial charge in [-0.05, 0) is 54.0 Å². The lowest BCUT2D eigenvalue weighted by molar-refractivity contribution is -0.111. The van der Waals surface area contributed by atoms with E-state index in [1.807, 2.05) is 66.3 Å². The third-order valence-electron chi connectivity index (χ3n) is 3.72. The molecule has 0 bridgehead atoms. The first-order valence-corrected chi connectivity index (χ1v) is 8.29. The molecule has 0 saturated heterocycles. The number of halogens is 1. The highest BCUT2D eigenvalue weighted by atomic mass is 35.5. The molecule has 3 aromatic rings. The Morgan fingerprint density at radius 2 is 2.12 bits per heavy atom. The molecule has 0 unspecified atom stereocenters. The van der Waals surface area contributed by atoms with Gasteiger partial charge < -0.3 is 5.32 Å². The highest BCUT2D eigenvalue weighted by Crippen LogP contribution is 2.17. The van der Waals surface area contributed by atoms with Gasteiger partial charge in [0, 0.05) is 29.2 Å². The van der Waals surface area contributed by atoms with Gasteiger partial charge in [-0.1, -0.05) is 35.9 Å². The smallest absolute Gasteiger partial charge is 0.248 e. The maximum Gasteiger partial charge on any atom is 0.248 e. The molecule has 4 nitrogen and oxygen atoms in total. The second-order valence-corrected chi connectivity index (χ2v) is 6.14. The minimum absolute atomic E-state index is 0.187. The number of anilines is 1. The van der Waals surface area contributed by atoms with Crippen molar-refractivity contribution in [3.8, 4) is 0 Å². The average molecular weight is 352 g/mol. The Kier molecular flexibility index (Phi) is 5.31. The summed E-state index contributed by atoms with van der Waals surface area (Å²) >= 11 is 6.09. The molecule has 0 aliphatic rings. The monoisotopic (exact) mass is 351 g/mol. The normalized spacial score (nSPS) is 11.0.